The monoisotopic (exact) mass is 285 g/mol. The van der Waals surface area contributed by atoms with Gasteiger partial charge in [-0.1, -0.05) is 11.6 Å². The summed E-state index contributed by atoms with van der Waals surface area (Å²) in [5, 5.41) is 3.16. The minimum atomic E-state index is -0.265. The maximum absolute atomic E-state index is 11.9. The average Bonchev–Trinajstić information content (AvgIpc) is 2.21. The predicted octanol–water partition coefficient (Wildman–Crippen LogP) is 1.45. The number of nitrogens with one attached hydrogen (secondary N) is 1. The van der Waals surface area contributed by atoms with Crippen molar-refractivity contribution in [1.82, 2.24) is 15.3 Å². The third kappa shape index (κ3) is 5.30. The number of hydrogen-bond donors (Lipinski definition) is 2. The highest BCUT2D eigenvalue weighted by Crippen LogP contribution is 2.16. The molecular formula is C12H20ClN5O. The Bertz CT molecular complexity index is 438. The number of carbonyl (C=O) groups is 1. The second kappa shape index (κ2) is 6.06. The Hall–Kier alpha value is -1.56. The Morgan fingerprint density at radius 1 is 1.47 bits per heavy atom. The van der Waals surface area contributed by atoms with Gasteiger partial charge in [-0.3, -0.25) is 4.79 Å². The van der Waals surface area contributed by atoms with Gasteiger partial charge in [-0.25, -0.2) is 4.98 Å². The molecule has 0 saturated carbocycles. The van der Waals surface area contributed by atoms with Crippen molar-refractivity contribution in [2.24, 2.45) is 0 Å². The van der Waals surface area contributed by atoms with Gasteiger partial charge in [0.1, 0.15) is 11.0 Å². The van der Waals surface area contributed by atoms with Crippen molar-refractivity contribution in [3.05, 3.63) is 11.2 Å². The zero-order valence-electron chi connectivity index (χ0n) is 11.7. The third-order valence-electron chi connectivity index (χ3n) is 2.25. The fourth-order valence-corrected chi connectivity index (χ4v) is 1.75. The zero-order chi connectivity index (χ0) is 14.6. The van der Waals surface area contributed by atoms with Crippen LogP contribution in [0.3, 0.4) is 0 Å². The van der Waals surface area contributed by atoms with Crippen LogP contribution in [0.25, 0.3) is 0 Å². The van der Waals surface area contributed by atoms with Crippen molar-refractivity contribution in [2.75, 3.05) is 23.7 Å². The molecule has 0 spiro atoms. The number of nitrogens with two attached hydrogens (primary N) is 1. The number of anilines is 2. The normalized spacial score (nSPS) is 11.2. The van der Waals surface area contributed by atoms with Crippen molar-refractivity contribution in [3.8, 4) is 0 Å². The van der Waals surface area contributed by atoms with E-state index in [0.29, 0.717) is 12.4 Å². The molecule has 0 radical (unpaired) electrons. The van der Waals surface area contributed by atoms with E-state index >= 15 is 0 Å². The van der Waals surface area contributed by atoms with Gasteiger partial charge in [0.15, 0.2) is 0 Å². The van der Waals surface area contributed by atoms with Gasteiger partial charge < -0.3 is 16.0 Å². The molecule has 0 fully saturated rings. The van der Waals surface area contributed by atoms with Gasteiger partial charge in [0.05, 0.1) is 6.54 Å². The largest absolute Gasteiger partial charge is 0.368 e. The molecule has 0 aliphatic heterocycles. The van der Waals surface area contributed by atoms with Crippen molar-refractivity contribution in [2.45, 2.75) is 33.2 Å². The van der Waals surface area contributed by atoms with Crippen LogP contribution in [0.15, 0.2) is 6.07 Å². The molecule has 7 heteroatoms. The first kappa shape index (κ1) is 15.5. The van der Waals surface area contributed by atoms with Gasteiger partial charge in [0.25, 0.3) is 0 Å². The molecule has 1 aromatic heterocycles. The molecule has 106 valence electrons. The van der Waals surface area contributed by atoms with Crippen LogP contribution in [-0.4, -0.2) is 34.5 Å². The van der Waals surface area contributed by atoms with E-state index in [1.54, 1.807) is 11.0 Å². The topological polar surface area (TPSA) is 84.1 Å². The lowest BCUT2D eigenvalue weighted by Crippen LogP contribution is -2.46. The highest BCUT2D eigenvalue weighted by Gasteiger charge is 2.17. The van der Waals surface area contributed by atoms with E-state index in [1.165, 1.54) is 0 Å². The first-order chi connectivity index (χ1) is 8.71. The number of rotatable bonds is 4. The Balaban J connectivity index is 2.81. The molecule has 0 unspecified atom stereocenters. The van der Waals surface area contributed by atoms with Gasteiger partial charge in [0.2, 0.25) is 11.9 Å². The van der Waals surface area contributed by atoms with Gasteiger partial charge in [-0.2, -0.15) is 4.98 Å². The van der Waals surface area contributed by atoms with Crippen LogP contribution < -0.4 is 16.0 Å². The number of nitrogen functional groups attached to an aromatic ring is 1. The van der Waals surface area contributed by atoms with Crippen LogP contribution >= 0.6 is 11.6 Å². The quantitative estimate of drug-likeness (QED) is 0.818. The van der Waals surface area contributed by atoms with Crippen LogP contribution in [0.2, 0.25) is 5.15 Å². The molecule has 1 amide bonds. The Labute approximate surface area is 118 Å². The summed E-state index contributed by atoms with van der Waals surface area (Å²) in [6, 6.07) is 1.59. The number of hydrogen-bond acceptors (Lipinski definition) is 5. The van der Waals surface area contributed by atoms with Crippen LogP contribution in [0, 0.1) is 0 Å². The summed E-state index contributed by atoms with van der Waals surface area (Å²) in [5.41, 5.74) is 5.29. The summed E-state index contributed by atoms with van der Waals surface area (Å²) >= 11 is 5.84. The lowest BCUT2D eigenvalue weighted by molar-refractivity contribution is -0.121. The lowest BCUT2D eigenvalue weighted by Gasteiger charge is -2.25. The van der Waals surface area contributed by atoms with E-state index in [4.69, 9.17) is 17.3 Å². The van der Waals surface area contributed by atoms with E-state index < -0.39 is 0 Å². The molecule has 3 N–H and O–H groups in total. The highest BCUT2D eigenvalue weighted by molar-refractivity contribution is 6.29. The lowest BCUT2D eigenvalue weighted by atomic mass is 10.1. The Kier molecular flexibility index (Phi) is 4.94. The number of halogens is 1. The second-order valence-electron chi connectivity index (χ2n) is 5.22. The molecule has 19 heavy (non-hydrogen) atoms. The SMILES string of the molecule is CCN(CC(=O)NC(C)(C)C)c1cc(Cl)nc(N)n1. The molecule has 0 bridgehead atoms. The fourth-order valence-electron chi connectivity index (χ4n) is 1.57. The standard InChI is InChI=1S/C12H20ClN5O/c1-5-18(7-10(19)17-12(2,3)4)9-6-8(13)15-11(14)16-9/h6H,5,7H2,1-4H3,(H,17,19)(H2,14,15,16). The predicted molar refractivity (Wildman–Crippen MR) is 77.2 cm³/mol. The molecule has 0 aliphatic rings. The summed E-state index contributed by atoms with van der Waals surface area (Å²) in [7, 11) is 0. The van der Waals surface area contributed by atoms with E-state index in [0.717, 1.165) is 0 Å². The molecule has 1 rings (SSSR count). The molecule has 1 heterocycles. The number of likely N-dealkylation sites (N-methyl/N-ethyl adjacent to an activating group) is 1. The third-order valence-corrected chi connectivity index (χ3v) is 2.45. The maximum atomic E-state index is 11.9. The molecule has 1 aromatic rings. The van der Waals surface area contributed by atoms with E-state index in [2.05, 4.69) is 15.3 Å². The maximum Gasteiger partial charge on any atom is 0.239 e. The van der Waals surface area contributed by atoms with Crippen LogP contribution in [-0.2, 0) is 4.79 Å². The number of carbonyl (C=O) groups excluding carboxylic acids is 1. The zero-order valence-corrected chi connectivity index (χ0v) is 12.5. The first-order valence-corrected chi connectivity index (χ1v) is 6.45. The fraction of sp³-hybridized carbons (Fsp3) is 0.583. The van der Waals surface area contributed by atoms with E-state index in [-0.39, 0.29) is 29.1 Å². The van der Waals surface area contributed by atoms with Crippen molar-refractivity contribution < 1.29 is 4.79 Å². The summed E-state index contributed by atoms with van der Waals surface area (Å²) < 4.78 is 0. The van der Waals surface area contributed by atoms with Crippen molar-refractivity contribution >= 4 is 29.3 Å². The van der Waals surface area contributed by atoms with E-state index in [1.807, 2.05) is 27.7 Å². The first-order valence-electron chi connectivity index (χ1n) is 6.07. The van der Waals surface area contributed by atoms with Gasteiger partial charge in [0, 0.05) is 18.2 Å². The average molecular weight is 286 g/mol. The number of amides is 1. The molecule has 0 atom stereocenters. The summed E-state index contributed by atoms with van der Waals surface area (Å²) in [6.07, 6.45) is 0. The molecule has 0 aromatic carbocycles. The van der Waals surface area contributed by atoms with Crippen molar-refractivity contribution in [3.63, 3.8) is 0 Å². The van der Waals surface area contributed by atoms with Crippen LogP contribution in [0.5, 0.6) is 0 Å². The number of aromatic nitrogens is 2. The number of nitrogens with zero attached hydrogens (tertiary/aromatic N) is 3. The van der Waals surface area contributed by atoms with Crippen LogP contribution in [0.4, 0.5) is 11.8 Å². The highest BCUT2D eigenvalue weighted by atomic mass is 35.5. The molecule has 0 aliphatic carbocycles. The Morgan fingerprint density at radius 3 is 2.58 bits per heavy atom. The molecule has 6 nitrogen and oxygen atoms in total. The minimum absolute atomic E-state index is 0.0809. The minimum Gasteiger partial charge on any atom is -0.368 e. The van der Waals surface area contributed by atoms with Gasteiger partial charge >= 0.3 is 0 Å². The van der Waals surface area contributed by atoms with Crippen molar-refractivity contribution in [1.29, 1.82) is 0 Å². The summed E-state index contributed by atoms with van der Waals surface area (Å²) in [4.78, 5) is 21.6. The van der Waals surface area contributed by atoms with Crippen LogP contribution in [0.1, 0.15) is 27.7 Å². The summed E-state index contributed by atoms with van der Waals surface area (Å²) in [6.45, 7) is 8.53. The molecular weight excluding hydrogens is 266 g/mol. The van der Waals surface area contributed by atoms with Gasteiger partial charge in [-0.05, 0) is 27.7 Å². The summed E-state index contributed by atoms with van der Waals surface area (Å²) in [5.74, 6) is 0.559. The van der Waals surface area contributed by atoms with Gasteiger partial charge in [-0.15, -0.1) is 0 Å². The second-order valence-corrected chi connectivity index (χ2v) is 5.61. The smallest absolute Gasteiger partial charge is 0.239 e. The molecule has 0 saturated heterocycles. The van der Waals surface area contributed by atoms with E-state index in [9.17, 15) is 4.79 Å². The Morgan fingerprint density at radius 2 is 2.11 bits per heavy atom.